The first-order valence-electron chi connectivity index (χ1n) is 11.0. The van der Waals surface area contributed by atoms with Gasteiger partial charge in [0.05, 0.1) is 4.90 Å². The fourth-order valence-corrected chi connectivity index (χ4v) is 5.27. The Morgan fingerprint density at radius 1 is 0.970 bits per heavy atom. The van der Waals surface area contributed by atoms with Crippen molar-refractivity contribution >= 4 is 15.9 Å². The smallest absolute Gasteiger partial charge is 0.251 e. The zero-order valence-corrected chi connectivity index (χ0v) is 19.5. The molecule has 172 valence electrons. The second-order valence-corrected chi connectivity index (χ2v) is 10.2. The van der Waals surface area contributed by atoms with E-state index in [1.165, 1.54) is 0 Å². The fraction of sp³-hybridized carbons (Fsp3) is 0.280. The Bertz CT molecular complexity index is 1190. The molecule has 33 heavy (non-hydrogen) atoms. The number of hydrogen-bond donors (Lipinski definition) is 1. The summed E-state index contributed by atoms with van der Waals surface area (Å²) in [4.78, 5) is 19.2. The summed E-state index contributed by atoms with van der Waals surface area (Å²) < 4.78 is 27.4. The van der Waals surface area contributed by atoms with E-state index in [9.17, 15) is 13.2 Å². The topological polar surface area (TPSA) is 82.6 Å². The van der Waals surface area contributed by atoms with Crippen LogP contribution in [0.4, 0.5) is 0 Å². The minimum Gasteiger partial charge on any atom is -0.348 e. The number of carbonyl (C=O) groups is 1. The Hall–Kier alpha value is -3.07. The van der Waals surface area contributed by atoms with Gasteiger partial charge in [0.2, 0.25) is 10.0 Å². The number of pyridine rings is 1. The van der Waals surface area contributed by atoms with Gasteiger partial charge in [-0.3, -0.25) is 14.7 Å². The number of benzene rings is 2. The van der Waals surface area contributed by atoms with Gasteiger partial charge >= 0.3 is 0 Å². The Kier molecular flexibility index (Phi) is 7.17. The first kappa shape index (κ1) is 23.1. The van der Waals surface area contributed by atoms with Gasteiger partial charge in [0.15, 0.2) is 0 Å². The maximum absolute atomic E-state index is 12.9. The molecule has 2 heterocycles. The quantitative estimate of drug-likeness (QED) is 0.581. The van der Waals surface area contributed by atoms with Gasteiger partial charge in [-0.2, -0.15) is 4.31 Å². The molecule has 3 aromatic rings. The molecule has 0 bridgehead atoms. The molecular formula is C25H28N4O3S. The van der Waals surface area contributed by atoms with Gasteiger partial charge in [-0.15, -0.1) is 0 Å². The van der Waals surface area contributed by atoms with E-state index in [1.54, 1.807) is 34.9 Å². The van der Waals surface area contributed by atoms with Crippen LogP contribution in [0.2, 0.25) is 0 Å². The van der Waals surface area contributed by atoms with Crippen LogP contribution in [0.1, 0.15) is 27.0 Å². The fourth-order valence-electron chi connectivity index (χ4n) is 3.84. The molecule has 1 aliphatic heterocycles. The second kappa shape index (κ2) is 10.2. The number of sulfonamides is 1. The van der Waals surface area contributed by atoms with Crippen LogP contribution >= 0.6 is 0 Å². The third kappa shape index (κ3) is 5.84. The number of aromatic nitrogens is 1. The molecule has 0 radical (unpaired) electrons. The van der Waals surface area contributed by atoms with Crippen molar-refractivity contribution in [3.05, 3.63) is 95.3 Å². The van der Waals surface area contributed by atoms with Crippen LogP contribution in [0.15, 0.2) is 78.0 Å². The van der Waals surface area contributed by atoms with Crippen LogP contribution in [-0.4, -0.2) is 54.7 Å². The summed E-state index contributed by atoms with van der Waals surface area (Å²) in [5, 5.41) is 2.92. The van der Waals surface area contributed by atoms with E-state index in [4.69, 9.17) is 0 Å². The van der Waals surface area contributed by atoms with E-state index in [0.29, 0.717) is 49.7 Å². The molecule has 0 saturated carbocycles. The Morgan fingerprint density at radius 3 is 2.39 bits per heavy atom. The first-order valence-corrected chi connectivity index (χ1v) is 12.4. The lowest BCUT2D eigenvalue weighted by Crippen LogP contribution is -2.48. The van der Waals surface area contributed by atoms with Crippen molar-refractivity contribution in [1.29, 1.82) is 0 Å². The highest BCUT2D eigenvalue weighted by atomic mass is 32.2. The van der Waals surface area contributed by atoms with Crippen molar-refractivity contribution in [2.45, 2.75) is 24.9 Å². The predicted molar refractivity (Wildman–Crippen MR) is 127 cm³/mol. The number of nitrogens with zero attached hydrogens (tertiary/aromatic N) is 3. The summed E-state index contributed by atoms with van der Waals surface area (Å²) in [6.07, 6.45) is 3.43. The lowest BCUT2D eigenvalue weighted by Gasteiger charge is -2.34. The Labute approximate surface area is 195 Å². The van der Waals surface area contributed by atoms with E-state index >= 15 is 0 Å². The molecule has 4 rings (SSSR count). The van der Waals surface area contributed by atoms with Crippen LogP contribution in [-0.2, 0) is 23.1 Å². The monoisotopic (exact) mass is 464 g/mol. The van der Waals surface area contributed by atoms with E-state index in [2.05, 4.69) is 15.2 Å². The molecule has 1 saturated heterocycles. The molecule has 2 aromatic carbocycles. The summed E-state index contributed by atoms with van der Waals surface area (Å²) in [7, 11) is -3.47. The number of hydrogen-bond acceptors (Lipinski definition) is 5. The number of aryl methyl sites for hydroxylation is 1. The number of amides is 1. The van der Waals surface area contributed by atoms with Gasteiger partial charge < -0.3 is 5.32 Å². The van der Waals surface area contributed by atoms with Crippen molar-refractivity contribution in [2.24, 2.45) is 0 Å². The number of nitrogens with one attached hydrogen (secondary N) is 1. The normalized spacial score (nSPS) is 15.3. The molecule has 1 amide bonds. The summed E-state index contributed by atoms with van der Waals surface area (Å²) in [5.41, 5.74) is 3.61. The largest absolute Gasteiger partial charge is 0.348 e. The van der Waals surface area contributed by atoms with Crippen LogP contribution in [0.5, 0.6) is 0 Å². The first-order chi connectivity index (χ1) is 15.9. The molecule has 0 aliphatic carbocycles. The minimum absolute atomic E-state index is 0.130. The van der Waals surface area contributed by atoms with E-state index in [0.717, 1.165) is 16.7 Å². The van der Waals surface area contributed by atoms with E-state index in [-0.39, 0.29) is 5.91 Å². The second-order valence-electron chi connectivity index (χ2n) is 8.24. The third-order valence-corrected chi connectivity index (χ3v) is 7.67. The molecule has 0 atom stereocenters. The van der Waals surface area contributed by atoms with Gasteiger partial charge in [0, 0.05) is 57.2 Å². The number of rotatable bonds is 7. The van der Waals surface area contributed by atoms with E-state index < -0.39 is 10.0 Å². The lowest BCUT2D eigenvalue weighted by atomic mass is 10.1. The lowest BCUT2D eigenvalue weighted by molar-refractivity contribution is 0.0950. The van der Waals surface area contributed by atoms with Gasteiger partial charge in [-0.1, -0.05) is 35.9 Å². The van der Waals surface area contributed by atoms with Gasteiger partial charge in [0.25, 0.3) is 5.91 Å². The maximum atomic E-state index is 12.9. The van der Waals surface area contributed by atoms with Crippen LogP contribution in [0.25, 0.3) is 0 Å². The van der Waals surface area contributed by atoms with Gasteiger partial charge in [-0.25, -0.2) is 8.42 Å². The van der Waals surface area contributed by atoms with Crippen LogP contribution < -0.4 is 5.32 Å². The maximum Gasteiger partial charge on any atom is 0.251 e. The number of piperazine rings is 1. The molecule has 0 spiro atoms. The molecule has 7 nitrogen and oxygen atoms in total. The number of carbonyl (C=O) groups excluding carboxylic acids is 1. The molecule has 1 fully saturated rings. The van der Waals surface area contributed by atoms with Crippen LogP contribution in [0.3, 0.4) is 0 Å². The zero-order valence-electron chi connectivity index (χ0n) is 18.6. The Morgan fingerprint density at radius 2 is 1.70 bits per heavy atom. The van der Waals surface area contributed by atoms with Gasteiger partial charge in [-0.05, 0) is 48.4 Å². The minimum atomic E-state index is -3.47. The SMILES string of the molecule is Cc1ccc(S(=O)(=O)N2CCN(Cc3cccc(C(=O)NCc4cccnc4)c3)CC2)cc1. The highest BCUT2D eigenvalue weighted by Crippen LogP contribution is 2.19. The highest BCUT2D eigenvalue weighted by Gasteiger charge is 2.28. The van der Waals surface area contributed by atoms with Crippen molar-refractivity contribution < 1.29 is 13.2 Å². The summed E-state index contributed by atoms with van der Waals surface area (Å²) in [6, 6.07) is 18.3. The van der Waals surface area contributed by atoms with Crippen molar-refractivity contribution in [3.8, 4) is 0 Å². The average Bonchev–Trinajstić information content (AvgIpc) is 2.84. The van der Waals surface area contributed by atoms with E-state index in [1.807, 2.05) is 49.4 Å². The summed E-state index contributed by atoms with van der Waals surface area (Å²) in [5.74, 6) is -0.130. The zero-order chi connectivity index (χ0) is 23.3. The van der Waals surface area contributed by atoms with Crippen molar-refractivity contribution in [3.63, 3.8) is 0 Å². The van der Waals surface area contributed by atoms with Crippen molar-refractivity contribution in [1.82, 2.24) is 19.5 Å². The standard InChI is InChI=1S/C25H28N4O3S/c1-20-7-9-24(10-8-20)33(31,32)29-14-12-28(13-15-29)19-21-4-2-6-23(16-21)25(30)27-18-22-5-3-11-26-17-22/h2-11,16-17H,12-15,18-19H2,1H3,(H,27,30). The molecule has 1 aliphatic rings. The average molecular weight is 465 g/mol. The third-order valence-electron chi connectivity index (χ3n) is 5.76. The molecule has 1 aromatic heterocycles. The molecule has 8 heteroatoms. The highest BCUT2D eigenvalue weighted by molar-refractivity contribution is 7.89. The predicted octanol–water partition coefficient (Wildman–Crippen LogP) is 2.83. The van der Waals surface area contributed by atoms with Gasteiger partial charge in [0.1, 0.15) is 0 Å². The Balaban J connectivity index is 1.32. The summed E-state index contributed by atoms with van der Waals surface area (Å²) in [6.45, 7) is 5.21. The molecular weight excluding hydrogens is 436 g/mol. The molecule has 0 unspecified atom stereocenters. The van der Waals surface area contributed by atoms with Crippen LogP contribution in [0, 0.1) is 6.92 Å². The van der Waals surface area contributed by atoms with Crippen molar-refractivity contribution in [2.75, 3.05) is 26.2 Å². The summed E-state index contributed by atoms with van der Waals surface area (Å²) >= 11 is 0. The molecule has 1 N–H and O–H groups in total.